The molecule has 228 valence electrons. The first-order valence-electron chi connectivity index (χ1n) is 14.5. The van der Waals surface area contributed by atoms with E-state index < -0.39 is 23.0 Å². The van der Waals surface area contributed by atoms with E-state index in [1.54, 1.807) is 0 Å². The van der Waals surface area contributed by atoms with Crippen LogP contribution in [0.25, 0.3) is 0 Å². The van der Waals surface area contributed by atoms with Crippen LogP contribution in [-0.4, -0.2) is 59.2 Å². The summed E-state index contributed by atoms with van der Waals surface area (Å²) in [6.07, 6.45) is 2.53. The van der Waals surface area contributed by atoms with Crippen molar-refractivity contribution in [1.29, 1.82) is 0 Å². The Morgan fingerprint density at radius 1 is 1.12 bits per heavy atom. The van der Waals surface area contributed by atoms with E-state index in [0.717, 1.165) is 49.3 Å². The zero-order chi connectivity index (χ0) is 29.6. The molecule has 2 N–H and O–H groups in total. The number of alkyl halides is 3. The number of pyridine rings is 1. The first-order valence-corrected chi connectivity index (χ1v) is 14.9. The molecule has 0 aromatic carbocycles. The molecule has 8 nitrogen and oxygen atoms in total. The van der Waals surface area contributed by atoms with E-state index in [1.807, 2.05) is 0 Å². The van der Waals surface area contributed by atoms with Crippen molar-refractivity contribution >= 4 is 23.2 Å². The van der Waals surface area contributed by atoms with Crippen molar-refractivity contribution in [2.45, 2.75) is 69.9 Å². The Morgan fingerprint density at radius 3 is 2.55 bits per heavy atom. The van der Waals surface area contributed by atoms with Gasteiger partial charge in [0.25, 0.3) is 0 Å². The van der Waals surface area contributed by atoms with Crippen molar-refractivity contribution < 1.29 is 27.0 Å². The van der Waals surface area contributed by atoms with Crippen LogP contribution in [0.15, 0.2) is 18.0 Å². The molecule has 42 heavy (non-hydrogen) atoms. The van der Waals surface area contributed by atoms with Gasteiger partial charge in [-0.3, -0.25) is 4.90 Å². The van der Waals surface area contributed by atoms with Gasteiger partial charge in [0.05, 0.1) is 37.4 Å². The standard InChI is InChI=1S/C21H23ClF3N5O2.C8H12FN/c1-31-20-27-14-6-15(12-5-16(26)28-18(22)17(12)21(23,24)25)32-9-13(14)19(29-20)30-7-10-2-3-11(4-10)8-30;9-5-7-4-8-2-1-3-10(8)6-7/h5,10-11,15H,2-4,6-9H2,1H3,(H2,26,28);5,8H,1-4,6H2/b;7-5-. The van der Waals surface area contributed by atoms with Crippen molar-refractivity contribution in [3.05, 3.63) is 45.5 Å². The Hall–Kier alpha value is -2.70. The Morgan fingerprint density at radius 2 is 1.88 bits per heavy atom. The van der Waals surface area contributed by atoms with Gasteiger partial charge >= 0.3 is 12.2 Å². The number of halogens is 5. The lowest BCUT2D eigenvalue weighted by Gasteiger charge is -2.36. The van der Waals surface area contributed by atoms with E-state index in [0.29, 0.717) is 23.6 Å². The van der Waals surface area contributed by atoms with Crippen LogP contribution >= 0.6 is 11.6 Å². The average molecular weight is 611 g/mol. The van der Waals surface area contributed by atoms with E-state index >= 15 is 0 Å². The van der Waals surface area contributed by atoms with Crippen molar-refractivity contribution in [2.24, 2.45) is 11.8 Å². The summed E-state index contributed by atoms with van der Waals surface area (Å²) in [4.78, 5) is 17.3. The summed E-state index contributed by atoms with van der Waals surface area (Å²) in [5, 5.41) is -0.688. The van der Waals surface area contributed by atoms with Gasteiger partial charge in [0.15, 0.2) is 0 Å². The number of methoxy groups -OCH3 is 1. The molecule has 6 heterocycles. The third-order valence-corrected chi connectivity index (χ3v) is 9.43. The summed E-state index contributed by atoms with van der Waals surface area (Å²) in [6.45, 7) is 3.97. The topological polar surface area (TPSA) is 89.6 Å². The zero-order valence-electron chi connectivity index (χ0n) is 23.5. The summed E-state index contributed by atoms with van der Waals surface area (Å²) in [5.41, 5.74) is 6.93. The number of ether oxygens (including phenoxy) is 2. The molecule has 0 spiro atoms. The summed E-state index contributed by atoms with van der Waals surface area (Å²) >= 11 is 5.83. The second kappa shape index (κ2) is 11.8. The Balaban J connectivity index is 0.000000265. The van der Waals surface area contributed by atoms with Gasteiger partial charge in [-0.1, -0.05) is 11.6 Å². The summed E-state index contributed by atoms with van der Waals surface area (Å²) in [5.74, 6) is 1.93. The summed E-state index contributed by atoms with van der Waals surface area (Å²) in [7, 11) is 1.48. The molecule has 1 aliphatic carbocycles. The molecule has 5 aliphatic rings. The molecule has 7 rings (SSSR count). The fraction of sp³-hybridized carbons (Fsp3) is 0.621. The van der Waals surface area contributed by atoms with Gasteiger partial charge in [-0.25, -0.2) is 9.37 Å². The molecule has 4 atom stereocenters. The van der Waals surface area contributed by atoms with Gasteiger partial charge in [-0.05, 0) is 68.5 Å². The first-order chi connectivity index (χ1) is 20.1. The average Bonchev–Trinajstić information content (AvgIpc) is 3.65. The number of hydrogen-bond acceptors (Lipinski definition) is 8. The van der Waals surface area contributed by atoms with Crippen molar-refractivity contribution in [1.82, 2.24) is 19.9 Å². The number of anilines is 2. The number of rotatable bonds is 3. The second-order valence-electron chi connectivity index (χ2n) is 12.0. The largest absolute Gasteiger partial charge is 0.467 e. The third-order valence-electron chi connectivity index (χ3n) is 9.16. The molecular weight excluding hydrogens is 576 g/mol. The maximum Gasteiger partial charge on any atom is 0.419 e. The number of nitrogen functional groups attached to an aromatic ring is 1. The van der Waals surface area contributed by atoms with Crippen molar-refractivity contribution in [3.63, 3.8) is 0 Å². The fourth-order valence-electron chi connectivity index (χ4n) is 7.29. The Kier molecular flexibility index (Phi) is 8.23. The lowest BCUT2D eigenvalue weighted by molar-refractivity contribution is -0.140. The van der Waals surface area contributed by atoms with Crippen molar-refractivity contribution in [2.75, 3.05) is 43.9 Å². The minimum absolute atomic E-state index is 0.0856. The van der Waals surface area contributed by atoms with E-state index in [9.17, 15) is 17.6 Å². The highest BCUT2D eigenvalue weighted by atomic mass is 35.5. The predicted octanol–water partition coefficient (Wildman–Crippen LogP) is 5.89. The maximum atomic E-state index is 13.7. The fourth-order valence-corrected chi connectivity index (χ4v) is 7.61. The van der Waals surface area contributed by atoms with E-state index in [-0.39, 0.29) is 30.4 Å². The molecule has 2 bridgehead atoms. The molecule has 2 aromatic heterocycles. The molecule has 2 aromatic rings. The van der Waals surface area contributed by atoms with Crippen LogP contribution in [0.1, 0.15) is 67.0 Å². The van der Waals surface area contributed by atoms with Gasteiger partial charge in [-0.2, -0.15) is 23.1 Å². The van der Waals surface area contributed by atoms with Crippen LogP contribution < -0.4 is 15.4 Å². The van der Waals surface area contributed by atoms with E-state index in [2.05, 4.69) is 24.8 Å². The maximum absolute atomic E-state index is 13.7. The number of fused-ring (bicyclic) bond motifs is 4. The molecule has 1 saturated carbocycles. The highest BCUT2D eigenvalue weighted by Crippen LogP contribution is 2.45. The molecule has 4 fully saturated rings. The van der Waals surface area contributed by atoms with Gasteiger partial charge in [0, 0.05) is 43.2 Å². The zero-order valence-corrected chi connectivity index (χ0v) is 24.2. The van der Waals surface area contributed by atoms with Crippen LogP contribution in [0, 0.1) is 11.8 Å². The minimum atomic E-state index is -4.70. The second-order valence-corrected chi connectivity index (χ2v) is 12.3. The quantitative estimate of drug-likeness (QED) is 0.340. The third kappa shape index (κ3) is 5.90. The molecule has 0 radical (unpaired) electrons. The van der Waals surface area contributed by atoms with Crippen LogP contribution in [-0.2, 0) is 23.9 Å². The Labute approximate surface area is 247 Å². The first kappa shape index (κ1) is 29.4. The van der Waals surface area contributed by atoms with Gasteiger partial charge in [-0.15, -0.1) is 0 Å². The van der Waals surface area contributed by atoms with E-state index in [1.165, 1.54) is 51.8 Å². The highest BCUT2D eigenvalue weighted by molar-refractivity contribution is 6.30. The molecule has 4 unspecified atom stereocenters. The molecule has 0 amide bonds. The molecular formula is C29H35ClF4N6O2. The molecule has 3 saturated heterocycles. The lowest BCUT2D eigenvalue weighted by Crippen LogP contribution is -2.38. The number of aromatic nitrogens is 3. The van der Waals surface area contributed by atoms with Crippen LogP contribution in [0.5, 0.6) is 6.01 Å². The Bertz CT molecular complexity index is 1330. The minimum Gasteiger partial charge on any atom is -0.467 e. The van der Waals surface area contributed by atoms with Gasteiger partial charge < -0.3 is 20.1 Å². The number of nitrogens with two attached hydrogens (primary N) is 1. The molecule has 4 aliphatic heterocycles. The van der Waals surface area contributed by atoms with Crippen LogP contribution in [0.3, 0.4) is 0 Å². The van der Waals surface area contributed by atoms with Gasteiger partial charge in [0.2, 0.25) is 0 Å². The SMILES string of the molecule is COc1nc2c(c(N3CC4CCC(C4)C3)n1)COC(c1cc(N)nc(Cl)c1C(F)(F)F)C2.F/C=C1/CC2CCCN2C1. The molecule has 13 heteroatoms. The van der Waals surface area contributed by atoms with Crippen LogP contribution in [0.4, 0.5) is 29.2 Å². The summed E-state index contributed by atoms with van der Waals surface area (Å²) in [6, 6.07) is 2.05. The number of nitrogens with zero attached hydrogens (tertiary/aromatic N) is 5. The number of hydrogen-bond donors (Lipinski definition) is 1. The van der Waals surface area contributed by atoms with Gasteiger partial charge in [0.1, 0.15) is 16.8 Å². The van der Waals surface area contributed by atoms with Crippen LogP contribution in [0.2, 0.25) is 5.15 Å². The monoisotopic (exact) mass is 610 g/mol. The smallest absolute Gasteiger partial charge is 0.419 e. The highest BCUT2D eigenvalue weighted by Gasteiger charge is 2.41. The predicted molar refractivity (Wildman–Crippen MR) is 150 cm³/mol. The van der Waals surface area contributed by atoms with Crippen molar-refractivity contribution in [3.8, 4) is 6.01 Å². The summed E-state index contributed by atoms with van der Waals surface area (Å²) < 4.78 is 64.4. The normalized spacial score (nSPS) is 28.0. The lowest BCUT2D eigenvalue weighted by atomic mass is 9.95. The van der Waals surface area contributed by atoms with E-state index in [4.69, 9.17) is 26.8 Å². The number of piperidine rings is 1.